The maximum Gasteiger partial charge on any atom is 0.0391 e. The highest BCUT2D eigenvalue weighted by Crippen LogP contribution is 2.33. The zero-order valence-corrected chi connectivity index (χ0v) is 12.5. The fourth-order valence-corrected chi connectivity index (χ4v) is 3.90. The number of rotatable bonds is 4. The second-order valence-electron chi connectivity index (χ2n) is 5.34. The Bertz CT molecular complexity index is 558. The van der Waals surface area contributed by atoms with Gasteiger partial charge in [-0.15, -0.1) is 11.3 Å². The molecule has 2 aromatic rings. The van der Waals surface area contributed by atoms with Crippen LogP contribution in [0.4, 0.5) is 0 Å². The molecule has 1 aliphatic carbocycles. The van der Waals surface area contributed by atoms with Crippen LogP contribution in [0, 0.1) is 0 Å². The molecule has 0 fully saturated rings. The van der Waals surface area contributed by atoms with Crippen molar-refractivity contribution in [2.45, 2.75) is 45.2 Å². The Hall–Kier alpha value is -1.12. The minimum atomic E-state index is 0.446. The monoisotopic (exact) mass is 271 g/mol. The molecule has 0 saturated heterocycles. The van der Waals surface area contributed by atoms with E-state index < -0.39 is 0 Å². The van der Waals surface area contributed by atoms with Crippen LogP contribution < -0.4 is 5.32 Å². The molecule has 3 rings (SSSR count). The highest BCUT2D eigenvalue weighted by atomic mass is 32.1. The first-order chi connectivity index (χ1) is 9.28. The van der Waals surface area contributed by atoms with E-state index in [2.05, 4.69) is 55.6 Å². The summed E-state index contributed by atoms with van der Waals surface area (Å²) in [6.45, 7) is 4.51. The van der Waals surface area contributed by atoms with Gasteiger partial charge >= 0.3 is 0 Å². The van der Waals surface area contributed by atoms with Crippen LogP contribution in [0.1, 0.15) is 53.2 Å². The van der Waals surface area contributed by atoms with Gasteiger partial charge < -0.3 is 5.32 Å². The average Bonchev–Trinajstić information content (AvgIpc) is 3.06. The summed E-state index contributed by atoms with van der Waals surface area (Å²) in [7, 11) is 0. The Balaban J connectivity index is 1.72. The minimum absolute atomic E-state index is 0.446. The molecule has 1 N–H and O–H groups in total. The molecule has 19 heavy (non-hydrogen) atoms. The Kier molecular flexibility index (Phi) is 3.72. The molecule has 1 aliphatic rings. The van der Waals surface area contributed by atoms with Crippen LogP contribution in [0.5, 0.6) is 0 Å². The highest BCUT2D eigenvalue weighted by molar-refractivity contribution is 7.12. The Morgan fingerprint density at radius 2 is 2.11 bits per heavy atom. The van der Waals surface area contributed by atoms with E-state index in [4.69, 9.17) is 0 Å². The molecule has 0 radical (unpaired) electrons. The van der Waals surface area contributed by atoms with Crippen molar-refractivity contribution in [2.75, 3.05) is 0 Å². The van der Waals surface area contributed by atoms with Crippen molar-refractivity contribution in [3.63, 3.8) is 0 Å². The van der Waals surface area contributed by atoms with E-state index in [-0.39, 0.29) is 0 Å². The van der Waals surface area contributed by atoms with Gasteiger partial charge in [-0.25, -0.2) is 0 Å². The minimum Gasteiger partial charge on any atom is -0.303 e. The fourth-order valence-electron chi connectivity index (χ4n) is 2.93. The highest BCUT2D eigenvalue weighted by Gasteiger charge is 2.23. The van der Waals surface area contributed by atoms with Gasteiger partial charge in [-0.2, -0.15) is 0 Å². The van der Waals surface area contributed by atoms with Crippen molar-refractivity contribution in [2.24, 2.45) is 0 Å². The van der Waals surface area contributed by atoms with Crippen LogP contribution in [0.25, 0.3) is 0 Å². The molecular formula is C17H21NS. The zero-order valence-electron chi connectivity index (χ0n) is 11.6. The maximum atomic E-state index is 3.80. The lowest BCUT2D eigenvalue weighted by Crippen LogP contribution is -2.22. The van der Waals surface area contributed by atoms with E-state index in [9.17, 15) is 0 Å². The number of aryl methyl sites for hydroxylation is 2. The normalized spacial score (nSPS) is 19.4. The molecule has 0 aliphatic heterocycles. The third kappa shape index (κ3) is 2.60. The summed E-state index contributed by atoms with van der Waals surface area (Å²) in [6.07, 6.45) is 3.59. The first-order valence-electron chi connectivity index (χ1n) is 7.20. The van der Waals surface area contributed by atoms with Crippen molar-refractivity contribution in [3.8, 4) is 0 Å². The summed E-state index contributed by atoms with van der Waals surface area (Å²) in [4.78, 5) is 2.94. The van der Waals surface area contributed by atoms with Gasteiger partial charge in [0.15, 0.2) is 0 Å². The Labute approximate surface area is 119 Å². The lowest BCUT2D eigenvalue weighted by atomic mass is 10.1. The Morgan fingerprint density at radius 1 is 1.26 bits per heavy atom. The van der Waals surface area contributed by atoms with Crippen LogP contribution in [0.2, 0.25) is 0 Å². The van der Waals surface area contributed by atoms with Crippen LogP contribution in [-0.4, -0.2) is 0 Å². The predicted octanol–water partition coefficient (Wildman–Crippen LogP) is 4.65. The molecule has 2 heteroatoms. The van der Waals surface area contributed by atoms with Crippen LogP contribution in [0.15, 0.2) is 36.4 Å². The third-order valence-electron chi connectivity index (χ3n) is 4.04. The van der Waals surface area contributed by atoms with Crippen molar-refractivity contribution in [1.82, 2.24) is 5.32 Å². The summed E-state index contributed by atoms with van der Waals surface area (Å²) in [5, 5.41) is 3.80. The van der Waals surface area contributed by atoms with Gasteiger partial charge in [0.1, 0.15) is 0 Å². The standard InChI is InChI=1S/C17H21NS/c1-3-14-9-11-17(19-14)12(2)18-16-10-8-13-6-4-5-7-15(13)16/h4-7,9,11-12,16,18H,3,8,10H2,1-2H3. The van der Waals surface area contributed by atoms with Gasteiger partial charge in [-0.1, -0.05) is 31.2 Å². The van der Waals surface area contributed by atoms with Crippen molar-refractivity contribution in [1.29, 1.82) is 0 Å². The number of hydrogen-bond donors (Lipinski definition) is 1. The topological polar surface area (TPSA) is 12.0 Å². The second kappa shape index (κ2) is 5.48. The van der Waals surface area contributed by atoms with Crippen LogP contribution in [0.3, 0.4) is 0 Å². The van der Waals surface area contributed by atoms with Gasteiger partial charge in [0.25, 0.3) is 0 Å². The Morgan fingerprint density at radius 3 is 2.89 bits per heavy atom. The van der Waals surface area contributed by atoms with E-state index in [1.54, 1.807) is 0 Å². The SMILES string of the molecule is CCc1ccc(C(C)NC2CCc3ccccc32)s1. The van der Waals surface area contributed by atoms with E-state index in [1.807, 2.05) is 11.3 Å². The van der Waals surface area contributed by atoms with E-state index in [1.165, 1.54) is 33.7 Å². The largest absolute Gasteiger partial charge is 0.303 e. The number of fused-ring (bicyclic) bond motifs is 1. The number of hydrogen-bond acceptors (Lipinski definition) is 2. The molecule has 1 nitrogen and oxygen atoms in total. The van der Waals surface area contributed by atoms with E-state index in [0.29, 0.717) is 12.1 Å². The molecule has 0 saturated carbocycles. The molecular weight excluding hydrogens is 250 g/mol. The number of nitrogens with one attached hydrogen (secondary N) is 1. The molecule has 0 spiro atoms. The number of thiophene rings is 1. The molecule has 100 valence electrons. The van der Waals surface area contributed by atoms with Crippen LogP contribution in [-0.2, 0) is 12.8 Å². The van der Waals surface area contributed by atoms with Gasteiger partial charge in [-0.05, 0) is 49.4 Å². The molecule has 1 aromatic heterocycles. The van der Waals surface area contributed by atoms with Gasteiger partial charge in [0.2, 0.25) is 0 Å². The predicted molar refractivity (Wildman–Crippen MR) is 82.8 cm³/mol. The summed E-state index contributed by atoms with van der Waals surface area (Å²) in [5.74, 6) is 0. The summed E-state index contributed by atoms with van der Waals surface area (Å²) < 4.78 is 0. The van der Waals surface area contributed by atoms with E-state index in [0.717, 1.165) is 6.42 Å². The van der Waals surface area contributed by atoms with Crippen molar-refractivity contribution >= 4 is 11.3 Å². The summed E-state index contributed by atoms with van der Waals surface area (Å²) in [5.41, 5.74) is 3.02. The summed E-state index contributed by atoms with van der Waals surface area (Å²) >= 11 is 1.94. The second-order valence-corrected chi connectivity index (χ2v) is 6.54. The maximum absolute atomic E-state index is 3.80. The van der Waals surface area contributed by atoms with Gasteiger partial charge in [0.05, 0.1) is 0 Å². The zero-order chi connectivity index (χ0) is 13.2. The van der Waals surface area contributed by atoms with Gasteiger partial charge in [-0.3, -0.25) is 0 Å². The fraction of sp³-hybridized carbons (Fsp3) is 0.412. The number of benzene rings is 1. The van der Waals surface area contributed by atoms with Crippen molar-refractivity contribution in [3.05, 3.63) is 57.3 Å². The average molecular weight is 271 g/mol. The lowest BCUT2D eigenvalue weighted by molar-refractivity contribution is 0.469. The molecule has 0 bridgehead atoms. The molecule has 2 atom stereocenters. The summed E-state index contributed by atoms with van der Waals surface area (Å²) in [6, 6.07) is 14.4. The third-order valence-corrected chi connectivity index (χ3v) is 5.45. The van der Waals surface area contributed by atoms with E-state index >= 15 is 0 Å². The first-order valence-corrected chi connectivity index (χ1v) is 8.02. The first kappa shape index (κ1) is 12.9. The quantitative estimate of drug-likeness (QED) is 0.853. The smallest absolute Gasteiger partial charge is 0.0391 e. The van der Waals surface area contributed by atoms with Crippen molar-refractivity contribution < 1.29 is 0 Å². The molecule has 1 heterocycles. The molecule has 0 amide bonds. The van der Waals surface area contributed by atoms with Crippen LogP contribution >= 0.6 is 11.3 Å². The molecule has 1 aromatic carbocycles. The lowest BCUT2D eigenvalue weighted by Gasteiger charge is -2.19. The molecule has 2 unspecified atom stereocenters. The van der Waals surface area contributed by atoms with Gasteiger partial charge in [0, 0.05) is 21.8 Å².